The Balaban J connectivity index is 1.94. The van der Waals surface area contributed by atoms with Gasteiger partial charge in [-0.05, 0) is 18.2 Å². The summed E-state index contributed by atoms with van der Waals surface area (Å²) in [5.74, 6) is 0.451. The molecule has 0 saturated heterocycles. The first-order valence-corrected chi connectivity index (χ1v) is 8.57. The minimum atomic E-state index is -0.835. The highest BCUT2D eigenvalue weighted by molar-refractivity contribution is 5.93. The number of nitrogens with zero attached hydrogens (tertiary/aromatic N) is 2. The molecule has 1 aliphatic heterocycles. The quantitative estimate of drug-likeness (QED) is 0.571. The molecule has 2 aromatic rings. The van der Waals surface area contributed by atoms with Gasteiger partial charge in [0.1, 0.15) is 11.5 Å². The minimum Gasteiger partial charge on any atom is -0.496 e. The summed E-state index contributed by atoms with van der Waals surface area (Å²) in [5, 5.41) is 22.1. The van der Waals surface area contributed by atoms with E-state index in [1.165, 1.54) is 25.3 Å². The van der Waals surface area contributed by atoms with Crippen LogP contribution in [0, 0.1) is 10.1 Å². The van der Waals surface area contributed by atoms with Crippen molar-refractivity contribution in [3.05, 3.63) is 62.7 Å². The third-order valence-corrected chi connectivity index (χ3v) is 4.82. The molecule has 0 aliphatic carbocycles. The van der Waals surface area contributed by atoms with Gasteiger partial charge in [0.15, 0.2) is 0 Å². The lowest BCUT2D eigenvalue weighted by atomic mass is 9.94. The normalized spacial score (nSPS) is 16.3. The molecule has 28 heavy (non-hydrogen) atoms. The van der Waals surface area contributed by atoms with Crippen LogP contribution in [0.1, 0.15) is 33.2 Å². The molecule has 1 unspecified atom stereocenters. The number of primary amides is 1. The molecule has 3 N–H and O–H groups in total. The van der Waals surface area contributed by atoms with Crippen molar-refractivity contribution < 1.29 is 24.3 Å². The highest BCUT2D eigenvalue weighted by atomic mass is 16.6. The van der Waals surface area contributed by atoms with Crippen LogP contribution in [0.3, 0.4) is 0 Å². The Morgan fingerprint density at radius 3 is 2.57 bits per heavy atom. The fourth-order valence-electron chi connectivity index (χ4n) is 3.53. The Morgan fingerprint density at radius 2 is 1.96 bits per heavy atom. The average molecular weight is 387 g/mol. The summed E-state index contributed by atoms with van der Waals surface area (Å²) in [6, 6.07) is 7.66. The molecule has 2 aromatic carbocycles. The van der Waals surface area contributed by atoms with E-state index in [1.807, 2.05) is 4.90 Å². The van der Waals surface area contributed by atoms with Gasteiger partial charge in [-0.25, -0.2) is 0 Å². The van der Waals surface area contributed by atoms with E-state index in [9.17, 15) is 20.0 Å². The van der Waals surface area contributed by atoms with Crippen molar-refractivity contribution >= 4 is 11.6 Å². The monoisotopic (exact) mass is 387 g/mol. The molecule has 9 heteroatoms. The van der Waals surface area contributed by atoms with Crippen molar-refractivity contribution in [1.29, 1.82) is 0 Å². The Labute approximate surface area is 161 Å². The number of fused-ring (bicyclic) bond motifs is 1. The predicted molar refractivity (Wildman–Crippen MR) is 100 cm³/mol. The summed E-state index contributed by atoms with van der Waals surface area (Å²) >= 11 is 0. The largest absolute Gasteiger partial charge is 0.496 e. The summed E-state index contributed by atoms with van der Waals surface area (Å²) in [4.78, 5) is 24.1. The molecule has 3 rings (SSSR count). The number of nitro benzene ring substituents is 1. The fraction of sp³-hybridized carbons (Fsp3) is 0.316. The standard InChI is InChI=1S/C19H21N3O6/c1-27-16-5-6-17(28-2)18-13(16)9-21(10-15(18)23)8-12-4-3-11(19(20)24)7-14(12)22(25)26/h3-7,15,23H,8-10H2,1-2H3,(H2,20,24). The molecular weight excluding hydrogens is 366 g/mol. The van der Waals surface area contributed by atoms with Gasteiger partial charge in [-0.15, -0.1) is 0 Å². The first-order chi connectivity index (χ1) is 13.3. The van der Waals surface area contributed by atoms with Crippen LogP contribution < -0.4 is 15.2 Å². The fourth-order valence-corrected chi connectivity index (χ4v) is 3.53. The number of rotatable bonds is 6. The number of carbonyl (C=O) groups excluding carboxylic acids is 1. The second kappa shape index (κ2) is 7.83. The SMILES string of the molecule is COc1ccc(OC)c2c1CN(Cc1ccc(C(N)=O)cc1[N+](=O)[O-])CC2O. The number of nitro groups is 1. The van der Waals surface area contributed by atoms with Crippen molar-refractivity contribution in [3.8, 4) is 11.5 Å². The number of β-amino-alcohol motifs (C(OH)–C–C–N with tert-alkyl or cyclic N) is 1. The van der Waals surface area contributed by atoms with Crippen LogP contribution in [0.25, 0.3) is 0 Å². The average Bonchev–Trinajstić information content (AvgIpc) is 2.67. The van der Waals surface area contributed by atoms with Crippen molar-refractivity contribution in [1.82, 2.24) is 4.90 Å². The van der Waals surface area contributed by atoms with Crippen LogP contribution in [0.4, 0.5) is 5.69 Å². The number of amides is 1. The number of benzene rings is 2. The predicted octanol–water partition coefficient (Wildman–Crippen LogP) is 1.76. The van der Waals surface area contributed by atoms with Crippen molar-refractivity contribution in [2.24, 2.45) is 5.73 Å². The zero-order valence-electron chi connectivity index (χ0n) is 15.5. The number of aliphatic hydroxyl groups is 1. The molecule has 0 radical (unpaired) electrons. The first kappa shape index (κ1) is 19.6. The lowest BCUT2D eigenvalue weighted by molar-refractivity contribution is -0.385. The number of nitrogens with two attached hydrogens (primary N) is 1. The van der Waals surface area contributed by atoms with Gasteiger partial charge in [0.05, 0.1) is 25.2 Å². The molecule has 0 bridgehead atoms. The van der Waals surface area contributed by atoms with Gasteiger partial charge in [0.2, 0.25) is 5.91 Å². The summed E-state index contributed by atoms with van der Waals surface area (Å²) in [5.41, 5.74) is 6.97. The number of ether oxygens (including phenoxy) is 2. The third-order valence-electron chi connectivity index (χ3n) is 4.82. The molecule has 148 valence electrons. The summed E-state index contributed by atoms with van der Waals surface area (Å²) < 4.78 is 10.8. The molecule has 1 heterocycles. The third kappa shape index (κ3) is 3.62. The number of carbonyl (C=O) groups is 1. The topological polar surface area (TPSA) is 128 Å². The summed E-state index contributed by atoms with van der Waals surface area (Å²) in [7, 11) is 3.08. The van der Waals surface area contributed by atoms with Crippen molar-refractivity contribution in [3.63, 3.8) is 0 Å². The molecule has 1 amide bonds. The molecule has 1 atom stereocenters. The van der Waals surface area contributed by atoms with Gasteiger partial charge in [-0.2, -0.15) is 0 Å². The number of hydrogen-bond donors (Lipinski definition) is 2. The first-order valence-electron chi connectivity index (χ1n) is 8.57. The number of hydrogen-bond acceptors (Lipinski definition) is 7. The van der Waals surface area contributed by atoms with Crippen molar-refractivity contribution in [2.75, 3.05) is 20.8 Å². The molecule has 9 nitrogen and oxygen atoms in total. The van der Waals surface area contributed by atoms with E-state index in [1.54, 1.807) is 19.2 Å². The summed E-state index contributed by atoms with van der Waals surface area (Å²) in [6.45, 7) is 0.902. The smallest absolute Gasteiger partial charge is 0.274 e. The maximum absolute atomic E-state index is 11.4. The van der Waals surface area contributed by atoms with E-state index in [0.717, 1.165) is 5.56 Å². The van der Waals surface area contributed by atoms with E-state index in [2.05, 4.69) is 0 Å². The highest BCUT2D eigenvalue weighted by Gasteiger charge is 2.30. The van der Waals surface area contributed by atoms with Gasteiger partial charge in [0.25, 0.3) is 5.69 Å². The number of methoxy groups -OCH3 is 2. The highest BCUT2D eigenvalue weighted by Crippen LogP contribution is 2.40. The van der Waals surface area contributed by atoms with E-state index in [0.29, 0.717) is 29.2 Å². The molecule has 0 fully saturated rings. The lowest BCUT2D eigenvalue weighted by Gasteiger charge is -2.33. The van der Waals surface area contributed by atoms with Crippen LogP contribution in [-0.2, 0) is 13.1 Å². The second-order valence-corrected chi connectivity index (χ2v) is 6.51. The molecule has 0 saturated carbocycles. The van der Waals surface area contributed by atoms with Crippen LogP contribution in [0.2, 0.25) is 0 Å². The van der Waals surface area contributed by atoms with Gasteiger partial charge in [-0.1, -0.05) is 6.07 Å². The van der Waals surface area contributed by atoms with E-state index < -0.39 is 16.9 Å². The van der Waals surface area contributed by atoms with Crippen LogP contribution in [-0.4, -0.2) is 41.6 Å². The van der Waals surface area contributed by atoms with Crippen LogP contribution in [0.15, 0.2) is 30.3 Å². The molecule has 1 aliphatic rings. The zero-order chi connectivity index (χ0) is 20.4. The molecule has 0 aromatic heterocycles. The van der Waals surface area contributed by atoms with Gasteiger partial charge in [0, 0.05) is 48.0 Å². The number of aliphatic hydroxyl groups excluding tert-OH is 1. The maximum atomic E-state index is 11.4. The Kier molecular flexibility index (Phi) is 5.48. The maximum Gasteiger partial charge on any atom is 0.274 e. The van der Waals surface area contributed by atoms with E-state index in [4.69, 9.17) is 15.2 Å². The minimum absolute atomic E-state index is 0.0749. The zero-order valence-corrected chi connectivity index (χ0v) is 15.5. The Bertz CT molecular complexity index is 930. The Hall–Kier alpha value is -3.17. The van der Waals surface area contributed by atoms with Crippen LogP contribution in [0.5, 0.6) is 11.5 Å². The van der Waals surface area contributed by atoms with E-state index in [-0.39, 0.29) is 24.3 Å². The summed E-state index contributed by atoms with van der Waals surface area (Å²) in [6.07, 6.45) is -0.835. The second-order valence-electron chi connectivity index (χ2n) is 6.51. The lowest BCUT2D eigenvalue weighted by Crippen LogP contribution is -2.34. The molecule has 0 spiro atoms. The van der Waals surface area contributed by atoms with Crippen molar-refractivity contribution in [2.45, 2.75) is 19.2 Å². The van der Waals surface area contributed by atoms with Gasteiger partial charge >= 0.3 is 0 Å². The Morgan fingerprint density at radius 1 is 1.29 bits per heavy atom. The van der Waals surface area contributed by atoms with Crippen LogP contribution >= 0.6 is 0 Å². The van der Waals surface area contributed by atoms with Gasteiger partial charge in [-0.3, -0.25) is 19.8 Å². The molecular formula is C19H21N3O6. The van der Waals surface area contributed by atoms with Gasteiger partial charge < -0.3 is 20.3 Å². The van der Waals surface area contributed by atoms with E-state index >= 15 is 0 Å².